The van der Waals surface area contributed by atoms with Crippen molar-refractivity contribution in [3.63, 3.8) is 0 Å². The van der Waals surface area contributed by atoms with Crippen molar-refractivity contribution in [2.75, 3.05) is 6.54 Å². The van der Waals surface area contributed by atoms with Crippen LogP contribution in [-0.2, 0) is 4.79 Å². The van der Waals surface area contributed by atoms with Crippen LogP contribution in [0.4, 0.5) is 22.7 Å². The highest BCUT2D eigenvalue weighted by molar-refractivity contribution is 6.27. The number of carboxylic acid groups (broad SMARTS) is 1. The van der Waals surface area contributed by atoms with E-state index in [0.717, 1.165) is 12.1 Å². The van der Waals surface area contributed by atoms with Crippen LogP contribution in [-0.4, -0.2) is 43.0 Å². The van der Waals surface area contributed by atoms with Crippen LogP contribution in [0.15, 0.2) is 29.3 Å². The van der Waals surface area contributed by atoms with Crippen molar-refractivity contribution in [1.29, 1.82) is 0 Å². The quantitative estimate of drug-likeness (QED) is 0.425. The molecule has 0 amide bonds. The van der Waals surface area contributed by atoms with Crippen molar-refractivity contribution in [1.82, 2.24) is 0 Å². The van der Waals surface area contributed by atoms with Gasteiger partial charge in [0.2, 0.25) is 0 Å². The van der Waals surface area contributed by atoms with Crippen LogP contribution < -0.4 is 0 Å². The van der Waals surface area contributed by atoms with E-state index in [0.29, 0.717) is 12.1 Å². The Morgan fingerprint density at radius 3 is 1.52 bits per heavy atom. The number of hydrogen-bond acceptors (Lipinski definition) is 10. The molecule has 0 atom stereocenters. The lowest BCUT2D eigenvalue weighted by Gasteiger charge is -2.03. The van der Waals surface area contributed by atoms with E-state index in [-0.39, 0.29) is 34.5 Å². The van der Waals surface area contributed by atoms with Gasteiger partial charge >= 0.3 is 5.97 Å². The highest BCUT2D eigenvalue weighted by Gasteiger charge is 2.41. The Bertz CT molecular complexity index is 1150. The molecular weight excluding hydrogens is 422 g/mol. The molecule has 1 N–H and O–H groups in total. The number of carboxylic acids is 1. The SMILES string of the molecule is O=C(O)CCN=C1c2cc([N+](=O)[O-])cc([N+](=O)[O-])c2-c2c1cc([N+](=O)[O-])cc2[N+](=O)[O-]. The van der Waals surface area contributed by atoms with Gasteiger partial charge in [0.1, 0.15) is 0 Å². The molecule has 3 rings (SSSR count). The summed E-state index contributed by atoms with van der Waals surface area (Å²) in [6.07, 6.45) is -0.484. The molecule has 0 heterocycles. The summed E-state index contributed by atoms with van der Waals surface area (Å²) in [5, 5.41) is 54.5. The summed E-state index contributed by atoms with van der Waals surface area (Å²) >= 11 is 0. The lowest BCUT2D eigenvalue weighted by molar-refractivity contribution is -0.395. The smallest absolute Gasteiger partial charge is 0.305 e. The van der Waals surface area contributed by atoms with Crippen molar-refractivity contribution in [2.24, 2.45) is 4.99 Å². The molecule has 31 heavy (non-hydrogen) atoms. The van der Waals surface area contributed by atoms with Gasteiger partial charge in [0.15, 0.2) is 0 Å². The van der Waals surface area contributed by atoms with Crippen molar-refractivity contribution < 1.29 is 29.6 Å². The van der Waals surface area contributed by atoms with E-state index >= 15 is 0 Å². The van der Waals surface area contributed by atoms with Gasteiger partial charge in [0.25, 0.3) is 22.7 Å². The van der Waals surface area contributed by atoms with Gasteiger partial charge in [-0.25, -0.2) is 0 Å². The predicted octanol–water partition coefficient (Wildman–Crippen LogP) is 2.61. The number of benzene rings is 2. The average molecular weight is 431 g/mol. The Morgan fingerprint density at radius 2 is 1.19 bits per heavy atom. The molecule has 0 bridgehead atoms. The van der Waals surface area contributed by atoms with Crippen LogP contribution >= 0.6 is 0 Å². The van der Waals surface area contributed by atoms with Gasteiger partial charge in [-0.05, 0) is 0 Å². The molecule has 2 aromatic carbocycles. The fourth-order valence-electron chi connectivity index (χ4n) is 3.20. The third kappa shape index (κ3) is 3.61. The highest BCUT2D eigenvalue weighted by Crippen LogP contribution is 2.50. The molecule has 15 nitrogen and oxygen atoms in total. The first-order chi connectivity index (χ1) is 14.5. The molecule has 1 aliphatic carbocycles. The molecule has 2 aromatic rings. The number of fused-ring (bicyclic) bond motifs is 3. The van der Waals surface area contributed by atoms with Gasteiger partial charge in [0.05, 0.1) is 61.6 Å². The summed E-state index contributed by atoms with van der Waals surface area (Å²) in [5.41, 5.74) is -4.50. The maximum atomic E-state index is 11.6. The molecule has 0 saturated heterocycles. The zero-order valence-corrected chi connectivity index (χ0v) is 15.1. The number of nitrogens with zero attached hydrogens (tertiary/aromatic N) is 5. The molecule has 158 valence electrons. The third-order valence-electron chi connectivity index (χ3n) is 4.38. The van der Waals surface area contributed by atoms with Crippen LogP contribution in [0, 0.1) is 40.5 Å². The van der Waals surface area contributed by atoms with E-state index in [1.165, 1.54) is 0 Å². The maximum absolute atomic E-state index is 11.6. The standard InChI is InChI=1S/C16H9N5O10/c22-13(23)1-2-17-16-9-3-7(18(24)25)5-11(20(28)29)14(9)15-10(16)4-8(19(26)27)6-12(15)21(30)31/h3-6H,1-2H2,(H,22,23). The molecule has 0 aliphatic heterocycles. The number of aliphatic carboxylic acids is 1. The Balaban J connectivity index is 2.46. The second-order valence-electron chi connectivity index (χ2n) is 6.18. The summed E-state index contributed by atoms with van der Waals surface area (Å²) in [6, 6.07) is 3.04. The van der Waals surface area contributed by atoms with E-state index in [4.69, 9.17) is 5.11 Å². The summed E-state index contributed by atoms with van der Waals surface area (Å²) < 4.78 is 0. The van der Waals surface area contributed by atoms with Gasteiger partial charge < -0.3 is 5.11 Å². The van der Waals surface area contributed by atoms with Crippen LogP contribution in [0.25, 0.3) is 11.1 Å². The number of nitro groups is 4. The predicted molar refractivity (Wildman–Crippen MR) is 101 cm³/mol. The van der Waals surface area contributed by atoms with Crippen LogP contribution in [0.3, 0.4) is 0 Å². The Labute approximate surface area is 169 Å². The number of nitro benzene ring substituents is 4. The summed E-state index contributed by atoms with van der Waals surface area (Å²) in [7, 11) is 0. The maximum Gasteiger partial charge on any atom is 0.305 e. The molecule has 0 unspecified atom stereocenters. The van der Waals surface area contributed by atoms with E-state index in [1.807, 2.05) is 0 Å². The number of carbonyl (C=O) groups is 1. The topological polar surface area (TPSA) is 222 Å². The van der Waals surface area contributed by atoms with Crippen LogP contribution in [0.5, 0.6) is 0 Å². The van der Waals surface area contributed by atoms with Gasteiger partial charge in [-0.15, -0.1) is 0 Å². The van der Waals surface area contributed by atoms with Crippen molar-refractivity contribution in [3.05, 3.63) is 75.8 Å². The van der Waals surface area contributed by atoms with E-state index < -0.39 is 54.8 Å². The van der Waals surface area contributed by atoms with Crippen LogP contribution in [0.1, 0.15) is 17.5 Å². The van der Waals surface area contributed by atoms with Crippen molar-refractivity contribution >= 4 is 34.4 Å². The number of rotatable bonds is 7. The largest absolute Gasteiger partial charge is 0.481 e. The lowest BCUT2D eigenvalue weighted by Crippen LogP contribution is -2.05. The average Bonchev–Trinajstić information content (AvgIpc) is 2.99. The van der Waals surface area contributed by atoms with Gasteiger partial charge in [-0.2, -0.15) is 0 Å². The van der Waals surface area contributed by atoms with Gasteiger partial charge in [-0.3, -0.25) is 50.2 Å². The fourth-order valence-corrected chi connectivity index (χ4v) is 3.20. The van der Waals surface area contributed by atoms with Gasteiger partial charge in [0, 0.05) is 23.3 Å². The fraction of sp³-hybridized carbons (Fsp3) is 0.125. The molecule has 0 saturated carbocycles. The van der Waals surface area contributed by atoms with E-state index in [2.05, 4.69) is 4.99 Å². The minimum Gasteiger partial charge on any atom is -0.481 e. The monoisotopic (exact) mass is 431 g/mol. The van der Waals surface area contributed by atoms with Gasteiger partial charge in [-0.1, -0.05) is 0 Å². The first-order valence-electron chi connectivity index (χ1n) is 8.24. The normalized spacial score (nSPS) is 11.4. The second kappa shape index (κ2) is 7.54. The summed E-state index contributed by atoms with van der Waals surface area (Å²) in [5.74, 6) is -1.24. The molecule has 1 aliphatic rings. The number of aliphatic imine (C=N–C) groups is 1. The Morgan fingerprint density at radius 1 is 0.774 bits per heavy atom. The van der Waals surface area contributed by atoms with Crippen molar-refractivity contribution in [2.45, 2.75) is 6.42 Å². The Kier molecular flexibility index (Phi) is 5.09. The van der Waals surface area contributed by atoms with E-state index in [1.54, 1.807) is 0 Å². The zero-order chi connectivity index (χ0) is 23.0. The molecule has 0 fully saturated rings. The molecule has 0 radical (unpaired) electrons. The number of non-ortho nitro benzene ring substituents is 2. The zero-order valence-electron chi connectivity index (χ0n) is 15.1. The first kappa shape index (κ1) is 20.9. The first-order valence-corrected chi connectivity index (χ1v) is 8.24. The molecule has 15 heteroatoms. The van der Waals surface area contributed by atoms with Crippen LogP contribution in [0.2, 0.25) is 0 Å². The Hall–Kier alpha value is -4.82. The minimum atomic E-state index is -1.24. The molecule has 0 aromatic heterocycles. The summed E-state index contributed by atoms with van der Waals surface area (Å²) in [4.78, 5) is 56.7. The molecular formula is C16H9N5O10. The lowest BCUT2D eigenvalue weighted by atomic mass is 10.0. The highest BCUT2D eigenvalue weighted by atomic mass is 16.6. The molecule has 0 spiro atoms. The van der Waals surface area contributed by atoms with Crippen molar-refractivity contribution in [3.8, 4) is 11.1 Å². The van der Waals surface area contributed by atoms with E-state index in [9.17, 15) is 45.3 Å². The second-order valence-corrected chi connectivity index (χ2v) is 6.18. The third-order valence-corrected chi connectivity index (χ3v) is 4.38. The number of hydrogen-bond donors (Lipinski definition) is 1. The minimum absolute atomic E-state index is 0.232. The summed E-state index contributed by atoms with van der Waals surface area (Å²) in [6.45, 7) is -0.378.